The average molecular weight is 414 g/mol. The van der Waals surface area contributed by atoms with Crippen LogP contribution in [0.5, 0.6) is 0 Å². The zero-order valence-electron chi connectivity index (χ0n) is 18.5. The summed E-state index contributed by atoms with van der Waals surface area (Å²) < 4.78 is 12.6. The predicted molar refractivity (Wildman–Crippen MR) is 114 cm³/mol. The highest BCUT2D eigenvalue weighted by Gasteiger charge is 2.32. The zero-order chi connectivity index (χ0) is 21.9. The van der Waals surface area contributed by atoms with Crippen molar-refractivity contribution < 1.29 is 19.1 Å². The summed E-state index contributed by atoms with van der Waals surface area (Å²) in [5.41, 5.74) is 2.85. The summed E-state index contributed by atoms with van der Waals surface area (Å²) in [6.45, 7) is 10.9. The second-order valence-corrected chi connectivity index (χ2v) is 8.66. The summed E-state index contributed by atoms with van der Waals surface area (Å²) in [5, 5.41) is 4.52. The van der Waals surface area contributed by atoms with Crippen molar-refractivity contribution in [2.24, 2.45) is 0 Å². The fourth-order valence-electron chi connectivity index (χ4n) is 3.74. The van der Waals surface area contributed by atoms with Crippen LogP contribution in [0.1, 0.15) is 68.1 Å². The molecule has 0 atom stereocenters. The molecule has 3 rings (SSSR count). The molecule has 1 aliphatic rings. The van der Waals surface area contributed by atoms with Gasteiger partial charge < -0.3 is 14.4 Å². The van der Waals surface area contributed by atoms with Crippen LogP contribution in [0.4, 0.5) is 4.79 Å². The van der Waals surface area contributed by atoms with E-state index in [4.69, 9.17) is 9.47 Å². The Labute approximate surface area is 178 Å². The van der Waals surface area contributed by atoms with E-state index in [0.717, 1.165) is 29.8 Å². The van der Waals surface area contributed by atoms with Crippen molar-refractivity contribution in [1.82, 2.24) is 14.7 Å². The summed E-state index contributed by atoms with van der Waals surface area (Å²) in [7, 11) is 0. The number of ether oxygens (including phenoxy) is 2. The van der Waals surface area contributed by atoms with Crippen molar-refractivity contribution in [1.29, 1.82) is 0 Å². The van der Waals surface area contributed by atoms with E-state index < -0.39 is 5.60 Å². The van der Waals surface area contributed by atoms with Gasteiger partial charge in [-0.05, 0) is 65.2 Å². The molecule has 2 aromatic rings. The molecule has 0 N–H and O–H groups in total. The number of esters is 1. The summed E-state index contributed by atoms with van der Waals surface area (Å²) in [6, 6.07) is 8.03. The molecular weight excluding hydrogens is 382 g/mol. The Morgan fingerprint density at radius 2 is 1.90 bits per heavy atom. The Kier molecular flexibility index (Phi) is 6.48. The SMILES string of the molecule is CCOC(=O)c1cnn(-c2cccc(C)c2)c1C1CCN(C(=O)OC(C)(C)C)CC1. The van der Waals surface area contributed by atoms with Crippen molar-refractivity contribution in [2.45, 2.75) is 59.0 Å². The first-order valence-electron chi connectivity index (χ1n) is 10.5. The number of hydrogen-bond donors (Lipinski definition) is 0. The lowest BCUT2D eigenvalue weighted by molar-refractivity contribution is 0.0202. The first-order valence-corrected chi connectivity index (χ1v) is 10.5. The zero-order valence-corrected chi connectivity index (χ0v) is 18.5. The molecule has 1 amide bonds. The van der Waals surface area contributed by atoms with Gasteiger partial charge in [0.25, 0.3) is 0 Å². The van der Waals surface area contributed by atoms with Gasteiger partial charge in [0.15, 0.2) is 0 Å². The monoisotopic (exact) mass is 413 g/mol. The van der Waals surface area contributed by atoms with Crippen molar-refractivity contribution in [3.05, 3.63) is 47.3 Å². The number of piperidine rings is 1. The van der Waals surface area contributed by atoms with Crippen molar-refractivity contribution >= 4 is 12.1 Å². The van der Waals surface area contributed by atoms with Crippen LogP contribution < -0.4 is 0 Å². The highest BCUT2D eigenvalue weighted by Crippen LogP contribution is 2.33. The van der Waals surface area contributed by atoms with Crippen LogP contribution in [0.25, 0.3) is 5.69 Å². The van der Waals surface area contributed by atoms with Crippen LogP contribution in [-0.4, -0.2) is 52.0 Å². The van der Waals surface area contributed by atoms with E-state index in [0.29, 0.717) is 25.3 Å². The van der Waals surface area contributed by atoms with E-state index in [1.165, 1.54) is 0 Å². The second kappa shape index (κ2) is 8.90. The number of hydrogen-bond acceptors (Lipinski definition) is 5. The standard InChI is InChI=1S/C23H31N3O4/c1-6-29-21(27)19-15-24-26(18-9-7-8-16(2)14-18)20(19)17-10-12-25(13-11-17)22(28)30-23(3,4)5/h7-9,14-15,17H,6,10-13H2,1-5H3. The molecular formula is C23H31N3O4. The minimum absolute atomic E-state index is 0.0890. The van der Waals surface area contributed by atoms with Gasteiger partial charge in [0.1, 0.15) is 11.2 Å². The topological polar surface area (TPSA) is 73.7 Å². The molecule has 30 heavy (non-hydrogen) atoms. The molecule has 2 heterocycles. The number of rotatable bonds is 4. The van der Waals surface area contributed by atoms with Crippen LogP contribution in [0.2, 0.25) is 0 Å². The summed E-state index contributed by atoms with van der Waals surface area (Å²) >= 11 is 0. The van der Waals surface area contributed by atoms with Crippen LogP contribution in [-0.2, 0) is 9.47 Å². The molecule has 0 unspecified atom stereocenters. The number of aromatic nitrogens is 2. The van der Waals surface area contributed by atoms with Gasteiger partial charge >= 0.3 is 12.1 Å². The lowest BCUT2D eigenvalue weighted by Gasteiger charge is -2.33. The normalized spacial score (nSPS) is 15.2. The maximum Gasteiger partial charge on any atom is 0.410 e. The number of carbonyl (C=O) groups is 2. The van der Waals surface area contributed by atoms with E-state index in [9.17, 15) is 9.59 Å². The number of amides is 1. The number of aryl methyl sites for hydroxylation is 1. The Bertz CT molecular complexity index is 905. The van der Waals surface area contributed by atoms with Gasteiger partial charge in [-0.2, -0.15) is 5.10 Å². The fraction of sp³-hybridized carbons (Fsp3) is 0.522. The molecule has 1 aromatic heterocycles. The summed E-state index contributed by atoms with van der Waals surface area (Å²) in [5.74, 6) is -0.271. The lowest BCUT2D eigenvalue weighted by Crippen LogP contribution is -2.41. The average Bonchev–Trinajstić information content (AvgIpc) is 3.12. The Morgan fingerprint density at radius 1 is 1.20 bits per heavy atom. The molecule has 1 saturated heterocycles. The number of carbonyl (C=O) groups excluding carboxylic acids is 2. The third-order valence-electron chi connectivity index (χ3n) is 5.08. The third-order valence-corrected chi connectivity index (χ3v) is 5.08. The first kappa shape index (κ1) is 21.9. The van der Waals surface area contributed by atoms with Gasteiger partial charge in [0, 0.05) is 19.0 Å². The Hall–Kier alpha value is -2.83. The summed E-state index contributed by atoms with van der Waals surface area (Å²) in [6.07, 6.45) is 2.75. The lowest BCUT2D eigenvalue weighted by atomic mass is 9.91. The predicted octanol–water partition coefficient (Wildman–Crippen LogP) is 4.47. The van der Waals surface area contributed by atoms with Gasteiger partial charge in [-0.25, -0.2) is 14.3 Å². The van der Waals surface area contributed by atoms with Gasteiger partial charge in [0.2, 0.25) is 0 Å². The minimum atomic E-state index is -0.519. The fourth-order valence-corrected chi connectivity index (χ4v) is 3.74. The highest BCUT2D eigenvalue weighted by molar-refractivity contribution is 5.90. The van der Waals surface area contributed by atoms with Crippen LogP contribution in [0.15, 0.2) is 30.5 Å². The smallest absolute Gasteiger partial charge is 0.410 e. The van der Waals surface area contributed by atoms with Crippen molar-refractivity contribution in [3.63, 3.8) is 0 Å². The Morgan fingerprint density at radius 3 is 2.50 bits per heavy atom. The second-order valence-electron chi connectivity index (χ2n) is 8.66. The molecule has 0 bridgehead atoms. The molecule has 0 saturated carbocycles. The van der Waals surface area contributed by atoms with Gasteiger partial charge in [-0.15, -0.1) is 0 Å². The third kappa shape index (κ3) is 5.01. The molecule has 7 nitrogen and oxygen atoms in total. The number of nitrogens with zero attached hydrogens (tertiary/aromatic N) is 3. The molecule has 1 fully saturated rings. The van der Waals surface area contributed by atoms with E-state index in [1.807, 2.05) is 56.6 Å². The van der Waals surface area contributed by atoms with E-state index in [-0.39, 0.29) is 18.0 Å². The van der Waals surface area contributed by atoms with Gasteiger partial charge in [-0.1, -0.05) is 12.1 Å². The maximum absolute atomic E-state index is 12.6. The van der Waals surface area contributed by atoms with E-state index >= 15 is 0 Å². The van der Waals surface area contributed by atoms with Crippen LogP contribution >= 0.6 is 0 Å². The van der Waals surface area contributed by atoms with Crippen LogP contribution in [0.3, 0.4) is 0 Å². The molecule has 7 heteroatoms. The first-order chi connectivity index (χ1) is 14.2. The Balaban J connectivity index is 1.86. The quantitative estimate of drug-likeness (QED) is 0.692. The molecule has 162 valence electrons. The van der Waals surface area contributed by atoms with Crippen molar-refractivity contribution in [3.8, 4) is 5.69 Å². The van der Waals surface area contributed by atoms with Gasteiger partial charge in [0.05, 0.1) is 24.2 Å². The largest absolute Gasteiger partial charge is 0.462 e. The molecule has 0 aliphatic carbocycles. The van der Waals surface area contributed by atoms with Crippen molar-refractivity contribution in [2.75, 3.05) is 19.7 Å². The van der Waals surface area contributed by atoms with E-state index in [2.05, 4.69) is 5.10 Å². The number of benzene rings is 1. The van der Waals surface area contributed by atoms with E-state index in [1.54, 1.807) is 18.0 Å². The molecule has 1 aliphatic heterocycles. The highest BCUT2D eigenvalue weighted by atomic mass is 16.6. The molecule has 0 spiro atoms. The van der Waals surface area contributed by atoms with Gasteiger partial charge in [-0.3, -0.25) is 0 Å². The summed E-state index contributed by atoms with van der Waals surface area (Å²) in [4.78, 5) is 26.7. The maximum atomic E-state index is 12.6. The molecule has 0 radical (unpaired) electrons. The van der Waals surface area contributed by atoms with Crippen LogP contribution in [0, 0.1) is 6.92 Å². The number of likely N-dealkylation sites (tertiary alicyclic amines) is 1. The molecule has 1 aromatic carbocycles. The minimum Gasteiger partial charge on any atom is -0.462 e.